The fourth-order valence-corrected chi connectivity index (χ4v) is 3.82. The molecule has 4 rings (SSSR count). The van der Waals surface area contributed by atoms with Gasteiger partial charge in [0, 0.05) is 36.9 Å². The molecule has 0 bridgehead atoms. The lowest BCUT2D eigenvalue weighted by Gasteiger charge is -2.18. The normalized spacial score (nSPS) is 11.0. The SMILES string of the molecule is CB(O)n1c(=O)c(C)c(-c2ccc(Oc3nccc4occc34)cc2COC(C)=O)n(C)c1=O. The summed E-state index contributed by atoms with van der Waals surface area (Å²) in [5.74, 6) is 0.255. The first-order valence-electron chi connectivity index (χ1n) is 10.5. The van der Waals surface area contributed by atoms with Crippen LogP contribution in [0.25, 0.3) is 22.2 Å². The summed E-state index contributed by atoms with van der Waals surface area (Å²) in [7, 11) is 0.223. The molecule has 0 amide bonds. The van der Waals surface area contributed by atoms with Crippen LogP contribution in [0.5, 0.6) is 11.6 Å². The Hall–Kier alpha value is -4.12. The molecule has 0 aliphatic carbocycles. The number of benzene rings is 1. The highest BCUT2D eigenvalue weighted by atomic mass is 16.5. The maximum atomic E-state index is 12.8. The van der Waals surface area contributed by atoms with Gasteiger partial charge in [-0.2, -0.15) is 0 Å². The van der Waals surface area contributed by atoms with E-state index in [2.05, 4.69) is 4.98 Å². The first kappa shape index (κ1) is 23.1. The summed E-state index contributed by atoms with van der Waals surface area (Å²) in [6, 6.07) is 8.45. The van der Waals surface area contributed by atoms with E-state index in [1.807, 2.05) is 0 Å². The van der Waals surface area contributed by atoms with Crippen molar-refractivity contribution in [2.45, 2.75) is 27.3 Å². The predicted molar refractivity (Wildman–Crippen MR) is 125 cm³/mol. The number of ether oxygens (including phenoxy) is 2. The maximum Gasteiger partial charge on any atom is 0.420 e. The van der Waals surface area contributed by atoms with E-state index in [-0.39, 0.29) is 12.2 Å². The Morgan fingerprint density at radius 3 is 2.71 bits per heavy atom. The molecule has 0 radical (unpaired) electrons. The van der Waals surface area contributed by atoms with Crippen LogP contribution in [-0.4, -0.2) is 32.1 Å². The topological polar surface area (TPSA) is 126 Å². The molecule has 34 heavy (non-hydrogen) atoms. The van der Waals surface area contributed by atoms with Crippen molar-refractivity contribution >= 4 is 24.0 Å². The highest BCUT2D eigenvalue weighted by molar-refractivity contribution is 6.46. The molecule has 11 heteroatoms. The van der Waals surface area contributed by atoms with Crippen LogP contribution in [0.2, 0.25) is 6.82 Å². The molecule has 0 aliphatic rings. The smallest absolute Gasteiger partial charge is 0.420 e. The van der Waals surface area contributed by atoms with E-state index in [1.54, 1.807) is 43.5 Å². The van der Waals surface area contributed by atoms with E-state index in [0.717, 1.165) is 4.48 Å². The molecule has 1 aromatic carbocycles. The number of hydrogen-bond donors (Lipinski definition) is 1. The lowest BCUT2D eigenvalue weighted by Crippen LogP contribution is -2.48. The van der Waals surface area contributed by atoms with Crippen molar-refractivity contribution in [3.63, 3.8) is 0 Å². The second-order valence-electron chi connectivity index (χ2n) is 7.77. The number of aromatic nitrogens is 3. The predicted octanol–water partition coefficient (Wildman–Crippen LogP) is 2.48. The van der Waals surface area contributed by atoms with Crippen LogP contribution in [-0.2, 0) is 23.2 Å². The highest BCUT2D eigenvalue weighted by Gasteiger charge is 2.22. The molecule has 0 unspecified atom stereocenters. The van der Waals surface area contributed by atoms with Gasteiger partial charge in [-0.05, 0) is 44.1 Å². The zero-order valence-electron chi connectivity index (χ0n) is 19.1. The molecule has 0 aliphatic heterocycles. The van der Waals surface area contributed by atoms with Gasteiger partial charge in [-0.3, -0.25) is 18.6 Å². The molecule has 0 saturated heterocycles. The zero-order chi connectivity index (χ0) is 24.6. The third-order valence-electron chi connectivity index (χ3n) is 5.42. The zero-order valence-corrected chi connectivity index (χ0v) is 19.1. The Morgan fingerprint density at radius 1 is 1.24 bits per heavy atom. The third kappa shape index (κ3) is 4.13. The number of carbonyl (C=O) groups is 1. The second kappa shape index (κ2) is 9.03. The molecule has 4 aromatic rings. The van der Waals surface area contributed by atoms with Gasteiger partial charge in [0.2, 0.25) is 11.4 Å². The minimum Gasteiger partial charge on any atom is -0.464 e. The van der Waals surface area contributed by atoms with Crippen molar-refractivity contribution < 1.29 is 23.7 Å². The highest BCUT2D eigenvalue weighted by Crippen LogP contribution is 2.33. The minimum atomic E-state index is -1.28. The second-order valence-corrected chi connectivity index (χ2v) is 7.77. The van der Waals surface area contributed by atoms with Crippen molar-refractivity contribution in [1.29, 1.82) is 0 Å². The van der Waals surface area contributed by atoms with E-state index in [0.29, 0.717) is 39.4 Å². The monoisotopic (exact) mass is 463 g/mol. The fourth-order valence-electron chi connectivity index (χ4n) is 3.82. The van der Waals surface area contributed by atoms with Crippen LogP contribution in [0, 0.1) is 6.92 Å². The van der Waals surface area contributed by atoms with E-state index < -0.39 is 24.3 Å². The van der Waals surface area contributed by atoms with Gasteiger partial charge in [-0.15, -0.1) is 0 Å². The Kier molecular flexibility index (Phi) is 6.12. The average Bonchev–Trinajstić information content (AvgIpc) is 3.27. The Labute approximate surface area is 194 Å². The van der Waals surface area contributed by atoms with E-state index in [4.69, 9.17) is 13.9 Å². The van der Waals surface area contributed by atoms with E-state index >= 15 is 0 Å². The number of hydrogen-bond acceptors (Lipinski definition) is 8. The first-order valence-corrected chi connectivity index (χ1v) is 10.5. The van der Waals surface area contributed by atoms with Crippen LogP contribution < -0.4 is 16.0 Å². The van der Waals surface area contributed by atoms with Gasteiger partial charge < -0.3 is 18.9 Å². The summed E-state index contributed by atoms with van der Waals surface area (Å²) in [6.45, 7) is 4.08. The van der Waals surface area contributed by atoms with Gasteiger partial charge >= 0.3 is 18.7 Å². The number of carbonyl (C=O) groups excluding carboxylic acids is 1. The fraction of sp³-hybridized carbons (Fsp3) is 0.217. The standard InChI is InChI=1S/C23H22BN3O7/c1-13-20(26(4)23(30)27(22(13)29)24(3)31)17-6-5-16(11-15(17)12-33-14(2)28)34-21-18-8-10-32-19(18)7-9-25-21/h5-11,31H,12H2,1-4H3. The van der Waals surface area contributed by atoms with Gasteiger partial charge in [0.25, 0.3) is 0 Å². The quantitative estimate of drug-likeness (QED) is 0.342. The molecule has 10 nitrogen and oxygen atoms in total. The van der Waals surface area contributed by atoms with Crippen LogP contribution >= 0.6 is 0 Å². The van der Waals surface area contributed by atoms with Gasteiger partial charge in [-0.25, -0.2) is 9.78 Å². The van der Waals surface area contributed by atoms with E-state index in [9.17, 15) is 19.4 Å². The summed E-state index contributed by atoms with van der Waals surface area (Å²) < 4.78 is 18.6. The Morgan fingerprint density at radius 2 is 2.00 bits per heavy atom. The lowest BCUT2D eigenvalue weighted by molar-refractivity contribution is -0.142. The molecule has 0 spiro atoms. The molecule has 3 aromatic heterocycles. The molecule has 1 N–H and O–H groups in total. The van der Waals surface area contributed by atoms with Crippen molar-refractivity contribution in [3.8, 4) is 22.9 Å². The van der Waals surface area contributed by atoms with Gasteiger partial charge in [0.15, 0.2) is 0 Å². The number of esters is 1. The van der Waals surface area contributed by atoms with Gasteiger partial charge in [-0.1, -0.05) is 0 Å². The van der Waals surface area contributed by atoms with Crippen LogP contribution in [0.4, 0.5) is 0 Å². The third-order valence-corrected chi connectivity index (χ3v) is 5.42. The van der Waals surface area contributed by atoms with Crippen LogP contribution in [0.3, 0.4) is 0 Å². The molecule has 0 fully saturated rings. The molecular weight excluding hydrogens is 441 g/mol. The Bertz CT molecular complexity index is 1480. The average molecular weight is 463 g/mol. The first-order chi connectivity index (χ1) is 16.2. The van der Waals surface area contributed by atoms with Crippen molar-refractivity contribution in [1.82, 2.24) is 14.0 Å². The van der Waals surface area contributed by atoms with Crippen LogP contribution in [0.1, 0.15) is 18.1 Å². The van der Waals surface area contributed by atoms with E-state index in [1.165, 1.54) is 31.6 Å². The van der Waals surface area contributed by atoms with Gasteiger partial charge in [0.05, 0.1) is 17.3 Å². The van der Waals surface area contributed by atoms with Crippen molar-refractivity contribution in [3.05, 3.63) is 74.8 Å². The summed E-state index contributed by atoms with van der Waals surface area (Å²) in [5.41, 5.74) is 0.958. The largest absolute Gasteiger partial charge is 0.464 e. The van der Waals surface area contributed by atoms with Crippen molar-refractivity contribution in [2.75, 3.05) is 0 Å². The molecule has 0 saturated carbocycles. The summed E-state index contributed by atoms with van der Waals surface area (Å²) in [4.78, 5) is 41.4. The number of nitrogens with zero attached hydrogens (tertiary/aromatic N) is 3. The number of furan rings is 1. The van der Waals surface area contributed by atoms with Crippen molar-refractivity contribution in [2.24, 2.45) is 7.05 Å². The lowest BCUT2D eigenvalue weighted by atomic mass is 9.87. The summed E-state index contributed by atoms with van der Waals surface area (Å²) in [6.07, 6.45) is 3.10. The maximum absolute atomic E-state index is 12.8. The van der Waals surface area contributed by atoms with Crippen LogP contribution in [0.15, 0.2) is 56.8 Å². The number of pyridine rings is 1. The Balaban J connectivity index is 1.85. The molecule has 0 atom stereocenters. The molecular formula is C23H22BN3O7. The molecule has 174 valence electrons. The summed E-state index contributed by atoms with van der Waals surface area (Å²) in [5, 5.41) is 10.6. The molecule has 3 heterocycles. The minimum absolute atomic E-state index is 0.113. The van der Waals surface area contributed by atoms with Gasteiger partial charge in [0.1, 0.15) is 17.9 Å². The summed E-state index contributed by atoms with van der Waals surface area (Å²) >= 11 is 0. The number of rotatable bonds is 6. The number of fused-ring (bicyclic) bond motifs is 1.